The van der Waals surface area contributed by atoms with E-state index in [1.54, 1.807) is 0 Å². The zero-order chi connectivity index (χ0) is 17.3. The molecule has 2 atom stereocenters. The molecule has 2 bridgehead atoms. The first-order valence-corrected chi connectivity index (χ1v) is 9.36. The third-order valence-electron chi connectivity index (χ3n) is 5.99. The van der Waals surface area contributed by atoms with Crippen molar-refractivity contribution in [1.82, 2.24) is 4.90 Å². The van der Waals surface area contributed by atoms with Crippen molar-refractivity contribution >= 4 is 0 Å². The summed E-state index contributed by atoms with van der Waals surface area (Å²) in [6, 6.07) is 19.2. The van der Waals surface area contributed by atoms with Crippen LogP contribution in [0.2, 0.25) is 0 Å². The highest BCUT2D eigenvalue weighted by Crippen LogP contribution is 2.44. The Bertz CT molecular complexity index is 701. The van der Waals surface area contributed by atoms with Crippen molar-refractivity contribution in [2.45, 2.75) is 56.4 Å². The fraction of sp³-hybridized carbons (Fsp3) is 0.455. The number of benzene rings is 2. The van der Waals surface area contributed by atoms with Crippen molar-refractivity contribution < 1.29 is 9.84 Å². The van der Waals surface area contributed by atoms with Crippen LogP contribution in [-0.4, -0.2) is 29.1 Å². The molecular formula is C22H27NO2. The van der Waals surface area contributed by atoms with Crippen molar-refractivity contribution in [3.8, 4) is 5.75 Å². The predicted molar refractivity (Wildman–Crippen MR) is 99.5 cm³/mol. The molecule has 2 aromatic carbocycles. The number of hydrogen-bond acceptors (Lipinski definition) is 3. The van der Waals surface area contributed by atoms with E-state index >= 15 is 0 Å². The van der Waals surface area contributed by atoms with Crippen molar-refractivity contribution in [3.63, 3.8) is 0 Å². The maximum Gasteiger partial charge on any atom is 0.120 e. The molecule has 0 amide bonds. The summed E-state index contributed by atoms with van der Waals surface area (Å²) in [6.45, 7) is 0.552. The summed E-state index contributed by atoms with van der Waals surface area (Å²) in [7, 11) is 2.22. The van der Waals surface area contributed by atoms with Crippen LogP contribution in [0.1, 0.15) is 43.2 Å². The van der Waals surface area contributed by atoms with E-state index < -0.39 is 5.60 Å². The fourth-order valence-electron chi connectivity index (χ4n) is 4.50. The zero-order valence-corrected chi connectivity index (χ0v) is 14.9. The van der Waals surface area contributed by atoms with Gasteiger partial charge < -0.3 is 14.7 Å². The number of nitrogens with zero attached hydrogens (tertiary/aromatic N) is 1. The van der Waals surface area contributed by atoms with Crippen molar-refractivity contribution in [3.05, 3.63) is 65.7 Å². The average Bonchev–Trinajstić information content (AvgIpc) is 2.63. The van der Waals surface area contributed by atoms with Gasteiger partial charge in [0.1, 0.15) is 12.4 Å². The van der Waals surface area contributed by atoms with Crippen molar-refractivity contribution in [1.29, 1.82) is 0 Å². The second kappa shape index (κ2) is 6.81. The van der Waals surface area contributed by atoms with Gasteiger partial charge in [-0.3, -0.25) is 0 Å². The molecular weight excluding hydrogens is 310 g/mol. The van der Waals surface area contributed by atoms with E-state index in [2.05, 4.69) is 30.1 Å². The lowest BCUT2D eigenvalue weighted by atomic mass is 9.73. The highest BCUT2D eigenvalue weighted by molar-refractivity contribution is 5.33. The molecule has 0 aromatic heterocycles. The molecule has 0 aliphatic carbocycles. The molecule has 25 heavy (non-hydrogen) atoms. The first-order chi connectivity index (χ1) is 12.1. The topological polar surface area (TPSA) is 32.7 Å². The summed E-state index contributed by atoms with van der Waals surface area (Å²) in [5.41, 5.74) is 1.43. The van der Waals surface area contributed by atoms with Gasteiger partial charge in [-0.2, -0.15) is 0 Å². The van der Waals surface area contributed by atoms with E-state index in [0.717, 1.165) is 29.7 Å². The summed E-state index contributed by atoms with van der Waals surface area (Å²) >= 11 is 0. The number of ether oxygens (including phenoxy) is 1. The Kier molecular flexibility index (Phi) is 4.53. The molecule has 2 aliphatic rings. The molecule has 1 N–H and O–H groups in total. The second-order valence-electron chi connectivity index (χ2n) is 7.65. The van der Waals surface area contributed by atoms with Crippen LogP contribution >= 0.6 is 0 Å². The Morgan fingerprint density at radius 1 is 1.04 bits per heavy atom. The highest BCUT2D eigenvalue weighted by atomic mass is 16.5. The van der Waals surface area contributed by atoms with Gasteiger partial charge in [-0.15, -0.1) is 0 Å². The Morgan fingerprint density at radius 3 is 2.48 bits per heavy atom. The van der Waals surface area contributed by atoms with Gasteiger partial charge in [-0.05, 0) is 56.0 Å². The molecule has 2 fully saturated rings. The molecule has 3 nitrogen and oxygen atoms in total. The van der Waals surface area contributed by atoms with E-state index in [4.69, 9.17) is 4.74 Å². The first-order valence-electron chi connectivity index (χ1n) is 9.36. The standard InChI is InChI=1S/C22H27NO2/c1-23-19-10-6-11-20(23)15-22(24,14-19)18-9-5-12-21(13-18)25-16-17-7-3-2-4-8-17/h2-5,7-9,12-13,19-20,24H,6,10-11,14-16H2,1H3. The fourth-order valence-corrected chi connectivity index (χ4v) is 4.50. The minimum atomic E-state index is -0.728. The van der Waals surface area contributed by atoms with E-state index in [1.165, 1.54) is 19.3 Å². The summed E-state index contributed by atoms with van der Waals surface area (Å²) in [5.74, 6) is 0.832. The molecule has 2 aliphatic heterocycles. The second-order valence-corrected chi connectivity index (χ2v) is 7.65. The SMILES string of the molecule is CN1C2CCCC1CC(O)(c1cccc(OCc3ccccc3)c1)C2. The van der Waals surface area contributed by atoms with E-state index in [9.17, 15) is 5.11 Å². The molecule has 0 radical (unpaired) electrons. The van der Waals surface area contributed by atoms with Gasteiger partial charge in [0.15, 0.2) is 0 Å². The van der Waals surface area contributed by atoms with Gasteiger partial charge in [0.25, 0.3) is 0 Å². The smallest absolute Gasteiger partial charge is 0.120 e. The van der Waals surface area contributed by atoms with Crippen LogP contribution in [0.5, 0.6) is 5.75 Å². The van der Waals surface area contributed by atoms with Crippen LogP contribution < -0.4 is 4.74 Å². The van der Waals surface area contributed by atoms with E-state index in [0.29, 0.717) is 18.7 Å². The van der Waals surface area contributed by atoms with Gasteiger partial charge in [-0.1, -0.05) is 48.9 Å². The maximum atomic E-state index is 11.4. The van der Waals surface area contributed by atoms with E-state index in [-0.39, 0.29) is 0 Å². The van der Waals surface area contributed by atoms with Gasteiger partial charge in [0.2, 0.25) is 0 Å². The molecule has 2 unspecified atom stereocenters. The molecule has 2 aromatic rings. The lowest BCUT2D eigenvalue weighted by Crippen LogP contribution is -2.55. The summed E-state index contributed by atoms with van der Waals surface area (Å²) in [4.78, 5) is 2.48. The summed E-state index contributed by atoms with van der Waals surface area (Å²) in [5, 5.41) is 11.4. The van der Waals surface area contributed by atoms with Crippen molar-refractivity contribution in [2.75, 3.05) is 7.05 Å². The van der Waals surface area contributed by atoms with Gasteiger partial charge in [-0.25, -0.2) is 0 Å². The Balaban J connectivity index is 1.51. The lowest BCUT2D eigenvalue weighted by molar-refractivity contribution is -0.0875. The van der Waals surface area contributed by atoms with Gasteiger partial charge in [0, 0.05) is 12.1 Å². The minimum absolute atomic E-state index is 0.492. The Hall–Kier alpha value is -1.84. The number of fused-ring (bicyclic) bond motifs is 2. The molecule has 0 spiro atoms. The average molecular weight is 337 g/mol. The molecule has 132 valence electrons. The number of aliphatic hydroxyl groups is 1. The van der Waals surface area contributed by atoms with Crippen LogP contribution in [0.15, 0.2) is 54.6 Å². The minimum Gasteiger partial charge on any atom is -0.489 e. The van der Waals surface area contributed by atoms with Crippen LogP contribution in [0.3, 0.4) is 0 Å². The number of rotatable bonds is 4. The lowest BCUT2D eigenvalue weighted by Gasteiger charge is -2.50. The molecule has 0 saturated carbocycles. The largest absolute Gasteiger partial charge is 0.489 e. The monoisotopic (exact) mass is 337 g/mol. The third-order valence-corrected chi connectivity index (χ3v) is 5.99. The zero-order valence-electron chi connectivity index (χ0n) is 14.9. The van der Waals surface area contributed by atoms with Crippen LogP contribution in [0.4, 0.5) is 0 Å². The summed E-state index contributed by atoms with van der Waals surface area (Å²) in [6.07, 6.45) is 5.32. The quantitative estimate of drug-likeness (QED) is 0.912. The summed E-state index contributed by atoms with van der Waals surface area (Å²) < 4.78 is 5.96. The predicted octanol–water partition coefficient (Wildman–Crippen LogP) is 4.10. The molecule has 2 heterocycles. The normalized spacial score (nSPS) is 29.4. The molecule has 4 rings (SSSR count). The third kappa shape index (κ3) is 3.44. The Labute approximate surface area is 150 Å². The van der Waals surface area contributed by atoms with Crippen LogP contribution in [0, 0.1) is 0 Å². The first kappa shape index (κ1) is 16.6. The maximum absolute atomic E-state index is 11.4. The molecule has 2 saturated heterocycles. The van der Waals surface area contributed by atoms with Crippen LogP contribution in [0.25, 0.3) is 0 Å². The van der Waals surface area contributed by atoms with Crippen molar-refractivity contribution in [2.24, 2.45) is 0 Å². The Morgan fingerprint density at radius 2 is 1.76 bits per heavy atom. The molecule has 3 heteroatoms. The van der Waals surface area contributed by atoms with Crippen LogP contribution in [-0.2, 0) is 12.2 Å². The van der Waals surface area contributed by atoms with Gasteiger partial charge in [0.05, 0.1) is 5.60 Å². The number of piperidine rings is 2. The van der Waals surface area contributed by atoms with Gasteiger partial charge >= 0.3 is 0 Å². The van der Waals surface area contributed by atoms with E-state index in [1.807, 2.05) is 36.4 Å². The highest BCUT2D eigenvalue weighted by Gasteiger charge is 2.44. The number of hydrogen-bond donors (Lipinski definition) is 1.